The van der Waals surface area contributed by atoms with Crippen LogP contribution in [0.3, 0.4) is 0 Å². The molecule has 0 radical (unpaired) electrons. The third-order valence-electron chi connectivity index (χ3n) is 2.84. The van der Waals surface area contributed by atoms with Gasteiger partial charge in [0.05, 0.1) is 18.1 Å². The van der Waals surface area contributed by atoms with Gasteiger partial charge in [-0.05, 0) is 12.1 Å². The van der Waals surface area contributed by atoms with Gasteiger partial charge >= 0.3 is 0 Å². The average molecular weight is 294 g/mol. The van der Waals surface area contributed by atoms with Crippen molar-refractivity contribution in [2.24, 2.45) is 0 Å². The number of pyridine rings is 1. The fourth-order valence-corrected chi connectivity index (χ4v) is 1.81. The maximum absolute atomic E-state index is 12.1. The van der Waals surface area contributed by atoms with Crippen LogP contribution in [-0.2, 0) is 11.3 Å². The van der Waals surface area contributed by atoms with Crippen LogP contribution in [0.2, 0.25) is 5.02 Å². The Morgan fingerprint density at radius 2 is 2.15 bits per heavy atom. The highest BCUT2D eigenvalue weighted by atomic mass is 35.5. The second-order valence-electron chi connectivity index (χ2n) is 4.48. The number of nitrogens with zero attached hydrogens (tertiary/aromatic N) is 4. The molecule has 0 aliphatic rings. The summed E-state index contributed by atoms with van der Waals surface area (Å²) < 4.78 is 0. The molecule has 1 amide bonds. The minimum absolute atomic E-state index is 0.0133. The number of hydrogen-bond acceptors (Lipinski definition) is 4. The molecular weight excluding hydrogens is 278 g/mol. The standard InChI is InChI=1S/C13H16ClN5O/c1-18(12-4-3-10(14)7-17-12)9-13(20)19(2)8-11-15-5-6-16-11/h3-7H,8-9H2,1-2H3,(H,15,16). The number of likely N-dealkylation sites (N-methyl/N-ethyl adjacent to an activating group) is 2. The second kappa shape index (κ2) is 6.38. The summed E-state index contributed by atoms with van der Waals surface area (Å²) in [5.41, 5.74) is 0. The molecule has 106 valence electrons. The van der Waals surface area contributed by atoms with Crippen LogP contribution < -0.4 is 4.90 Å². The van der Waals surface area contributed by atoms with E-state index in [1.807, 2.05) is 7.05 Å². The van der Waals surface area contributed by atoms with E-state index in [2.05, 4.69) is 15.0 Å². The number of amides is 1. The summed E-state index contributed by atoms with van der Waals surface area (Å²) >= 11 is 5.79. The number of H-pyrrole nitrogens is 1. The van der Waals surface area contributed by atoms with E-state index in [1.54, 1.807) is 47.6 Å². The quantitative estimate of drug-likeness (QED) is 0.908. The molecule has 0 atom stereocenters. The monoisotopic (exact) mass is 293 g/mol. The highest BCUT2D eigenvalue weighted by Crippen LogP contribution is 2.12. The first-order chi connectivity index (χ1) is 9.56. The number of carbonyl (C=O) groups is 1. The lowest BCUT2D eigenvalue weighted by atomic mass is 10.4. The molecule has 0 bridgehead atoms. The van der Waals surface area contributed by atoms with Crippen LogP contribution in [0.5, 0.6) is 0 Å². The third kappa shape index (κ3) is 3.71. The summed E-state index contributed by atoms with van der Waals surface area (Å²) in [6.07, 6.45) is 4.96. The zero-order valence-corrected chi connectivity index (χ0v) is 12.1. The number of hydrogen-bond donors (Lipinski definition) is 1. The van der Waals surface area contributed by atoms with E-state index in [1.165, 1.54) is 0 Å². The van der Waals surface area contributed by atoms with Crippen LogP contribution in [0.15, 0.2) is 30.7 Å². The van der Waals surface area contributed by atoms with Crippen molar-refractivity contribution in [3.63, 3.8) is 0 Å². The number of halogens is 1. The summed E-state index contributed by atoms with van der Waals surface area (Å²) in [5.74, 6) is 1.45. The van der Waals surface area contributed by atoms with Crippen molar-refractivity contribution in [1.29, 1.82) is 0 Å². The Morgan fingerprint density at radius 3 is 2.75 bits per heavy atom. The first kappa shape index (κ1) is 14.3. The molecule has 2 heterocycles. The third-order valence-corrected chi connectivity index (χ3v) is 3.07. The Bertz CT molecular complexity index is 555. The van der Waals surface area contributed by atoms with Crippen molar-refractivity contribution < 1.29 is 4.79 Å². The molecular formula is C13H16ClN5O. The van der Waals surface area contributed by atoms with Gasteiger partial charge in [-0.2, -0.15) is 0 Å². The predicted octanol–water partition coefficient (Wildman–Crippen LogP) is 1.55. The van der Waals surface area contributed by atoms with Gasteiger partial charge in [-0.15, -0.1) is 0 Å². The van der Waals surface area contributed by atoms with Crippen molar-refractivity contribution in [2.75, 3.05) is 25.5 Å². The minimum Gasteiger partial charge on any atom is -0.350 e. The molecule has 0 saturated carbocycles. The highest BCUT2D eigenvalue weighted by molar-refractivity contribution is 6.30. The van der Waals surface area contributed by atoms with Gasteiger partial charge in [0.25, 0.3) is 0 Å². The Morgan fingerprint density at radius 1 is 1.35 bits per heavy atom. The van der Waals surface area contributed by atoms with Gasteiger partial charge in [0.1, 0.15) is 11.6 Å². The van der Waals surface area contributed by atoms with Crippen molar-refractivity contribution in [2.45, 2.75) is 6.54 Å². The van der Waals surface area contributed by atoms with Crippen LogP contribution in [-0.4, -0.2) is 46.4 Å². The first-order valence-electron chi connectivity index (χ1n) is 6.11. The van der Waals surface area contributed by atoms with Crippen molar-refractivity contribution in [1.82, 2.24) is 19.9 Å². The molecule has 6 nitrogen and oxygen atoms in total. The summed E-state index contributed by atoms with van der Waals surface area (Å²) in [7, 11) is 3.56. The molecule has 7 heteroatoms. The van der Waals surface area contributed by atoms with Crippen LogP contribution in [0.4, 0.5) is 5.82 Å². The molecule has 0 aromatic carbocycles. The number of aromatic amines is 1. The topological polar surface area (TPSA) is 65.1 Å². The van der Waals surface area contributed by atoms with Crippen molar-refractivity contribution >= 4 is 23.3 Å². The van der Waals surface area contributed by atoms with Gasteiger partial charge in [-0.1, -0.05) is 11.6 Å². The van der Waals surface area contributed by atoms with Gasteiger partial charge in [0, 0.05) is 32.7 Å². The lowest BCUT2D eigenvalue weighted by molar-refractivity contribution is -0.129. The lowest BCUT2D eigenvalue weighted by Crippen LogP contribution is -2.36. The number of rotatable bonds is 5. The molecule has 20 heavy (non-hydrogen) atoms. The highest BCUT2D eigenvalue weighted by Gasteiger charge is 2.14. The molecule has 2 aromatic rings. The SMILES string of the molecule is CN(Cc1ncc[nH]1)C(=O)CN(C)c1ccc(Cl)cn1. The van der Waals surface area contributed by atoms with Crippen molar-refractivity contribution in [3.8, 4) is 0 Å². The average Bonchev–Trinajstić information content (AvgIpc) is 2.92. The van der Waals surface area contributed by atoms with E-state index < -0.39 is 0 Å². The molecule has 2 rings (SSSR count). The van der Waals surface area contributed by atoms with Crippen LogP contribution in [0.25, 0.3) is 0 Å². The van der Waals surface area contributed by atoms with E-state index in [0.29, 0.717) is 17.4 Å². The fraction of sp³-hybridized carbons (Fsp3) is 0.308. The Hall–Kier alpha value is -2.08. The number of imidazole rings is 1. The Balaban J connectivity index is 1.91. The fourth-order valence-electron chi connectivity index (χ4n) is 1.70. The van der Waals surface area contributed by atoms with Gasteiger partial charge in [-0.25, -0.2) is 9.97 Å². The molecule has 0 fully saturated rings. The molecule has 0 spiro atoms. The number of aromatic nitrogens is 3. The van der Waals surface area contributed by atoms with Crippen LogP contribution in [0.1, 0.15) is 5.82 Å². The second-order valence-corrected chi connectivity index (χ2v) is 4.91. The Labute approximate surface area is 122 Å². The van der Waals surface area contributed by atoms with Gasteiger partial charge in [-0.3, -0.25) is 4.79 Å². The number of nitrogens with one attached hydrogen (secondary N) is 1. The number of anilines is 1. The largest absolute Gasteiger partial charge is 0.350 e. The molecule has 0 aliphatic heterocycles. The molecule has 0 aliphatic carbocycles. The molecule has 0 unspecified atom stereocenters. The van der Waals surface area contributed by atoms with E-state index in [0.717, 1.165) is 5.82 Å². The van der Waals surface area contributed by atoms with E-state index in [4.69, 9.17) is 11.6 Å². The maximum Gasteiger partial charge on any atom is 0.242 e. The van der Waals surface area contributed by atoms with Crippen LogP contribution >= 0.6 is 11.6 Å². The van der Waals surface area contributed by atoms with E-state index in [-0.39, 0.29) is 12.5 Å². The molecule has 2 aromatic heterocycles. The first-order valence-corrected chi connectivity index (χ1v) is 6.49. The zero-order chi connectivity index (χ0) is 14.5. The normalized spacial score (nSPS) is 10.3. The van der Waals surface area contributed by atoms with Gasteiger partial charge in [0.2, 0.25) is 5.91 Å². The van der Waals surface area contributed by atoms with E-state index >= 15 is 0 Å². The summed E-state index contributed by atoms with van der Waals surface area (Å²) in [5, 5.41) is 0.573. The minimum atomic E-state index is -0.0133. The predicted molar refractivity (Wildman–Crippen MR) is 77.6 cm³/mol. The lowest BCUT2D eigenvalue weighted by Gasteiger charge is -2.22. The van der Waals surface area contributed by atoms with Crippen LogP contribution in [0, 0.1) is 0 Å². The Kier molecular flexibility index (Phi) is 4.57. The smallest absolute Gasteiger partial charge is 0.242 e. The summed E-state index contributed by atoms with van der Waals surface area (Å²) in [4.78, 5) is 26.7. The zero-order valence-electron chi connectivity index (χ0n) is 11.4. The number of carbonyl (C=O) groups excluding carboxylic acids is 1. The molecule has 1 N–H and O–H groups in total. The van der Waals surface area contributed by atoms with Gasteiger partial charge in [0.15, 0.2) is 0 Å². The molecule has 0 saturated heterocycles. The van der Waals surface area contributed by atoms with E-state index in [9.17, 15) is 4.79 Å². The summed E-state index contributed by atoms with van der Waals surface area (Å²) in [6.45, 7) is 0.694. The van der Waals surface area contributed by atoms with Gasteiger partial charge < -0.3 is 14.8 Å². The van der Waals surface area contributed by atoms with Crippen molar-refractivity contribution in [3.05, 3.63) is 41.6 Å². The summed E-state index contributed by atoms with van der Waals surface area (Å²) in [6, 6.07) is 3.53. The maximum atomic E-state index is 12.1.